The summed E-state index contributed by atoms with van der Waals surface area (Å²) in [6.07, 6.45) is 1.06. The monoisotopic (exact) mass is 371 g/mol. The molecule has 4 N–H and O–H groups in total. The first kappa shape index (κ1) is 17.6. The predicted molar refractivity (Wildman–Crippen MR) is 103 cm³/mol. The normalized spacial score (nSPS) is 11.1. The van der Waals surface area contributed by atoms with Gasteiger partial charge in [-0.2, -0.15) is 0 Å². The van der Waals surface area contributed by atoms with Gasteiger partial charge >= 0.3 is 6.03 Å². The predicted octanol–water partition coefficient (Wildman–Crippen LogP) is 3.56. The van der Waals surface area contributed by atoms with Crippen LogP contribution in [0.25, 0.3) is 10.8 Å². The van der Waals surface area contributed by atoms with Crippen LogP contribution in [0.15, 0.2) is 60.7 Å². The van der Waals surface area contributed by atoms with E-state index in [-0.39, 0.29) is 5.75 Å². The first-order valence-electron chi connectivity index (χ1n) is 7.68. The van der Waals surface area contributed by atoms with Gasteiger partial charge in [0.1, 0.15) is 5.75 Å². The molecule has 0 heterocycles. The van der Waals surface area contributed by atoms with E-state index in [9.17, 15) is 18.3 Å². The summed E-state index contributed by atoms with van der Waals surface area (Å²) in [5.74, 6) is 0.139. The van der Waals surface area contributed by atoms with Crippen molar-refractivity contribution in [2.24, 2.45) is 0 Å². The van der Waals surface area contributed by atoms with Gasteiger partial charge in [0.05, 0.1) is 11.9 Å². The molecule has 0 bridgehead atoms. The van der Waals surface area contributed by atoms with Crippen molar-refractivity contribution in [1.29, 1.82) is 0 Å². The van der Waals surface area contributed by atoms with Crippen LogP contribution < -0.4 is 15.4 Å². The highest BCUT2D eigenvalue weighted by Crippen LogP contribution is 2.29. The Balaban J connectivity index is 1.73. The van der Waals surface area contributed by atoms with Crippen molar-refractivity contribution in [3.63, 3.8) is 0 Å². The second kappa shape index (κ2) is 6.93. The molecular weight excluding hydrogens is 354 g/mol. The minimum absolute atomic E-state index is 0.139. The summed E-state index contributed by atoms with van der Waals surface area (Å²) in [5.41, 5.74) is 1.47. The summed E-state index contributed by atoms with van der Waals surface area (Å²) in [5, 5.41) is 16.7. The van der Waals surface area contributed by atoms with E-state index in [1.165, 1.54) is 0 Å². The molecule has 0 aromatic heterocycles. The van der Waals surface area contributed by atoms with Gasteiger partial charge in [0.25, 0.3) is 0 Å². The smallest absolute Gasteiger partial charge is 0.323 e. The molecule has 7 nitrogen and oxygen atoms in total. The van der Waals surface area contributed by atoms with Gasteiger partial charge in [0, 0.05) is 22.1 Å². The average Bonchev–Trinajstić information content (AvgIpc) is 2.56. The number of anilines is 3. The Morgan fingerprint density at radius 2 is 1.46 bits per heavy atom. The number of hydrogen-bond donors (Lipinski definition) is 4. The molecule has 0 aliphatic heterocycles. The Bertz CT molecular complexity index is 1060. The molecule has 3 rings (SSSR count). The molecule has 0 aliphatic carbocycles. The van der Waals surface area contributed by atoms with Crippen molar-refractivity contribution in [2.75, 3.05) is 21.6 Å². The van der Waals surface area contributed by atoms with Crippen LogP contribution in [0.1, 0.15) is 0 Å². The summed E-state index contributed by atoms with van der Waals surface area (Å²) in [7, 11) is -3.35. The number of phenolic OH excluding ortho intramolecular Hbond substituents is 1. The zero-order valence-corrected chi connectivity index (χ0v) is 14.7. The fourth-order valence-corrected chi connectivity index (χ4v) is 3.09. The summed E-state index contributed by atoms with van der Waals surface area (Å²) in [6.45, 7) is 0. The number of amides is 2. The molecule has 0 spiro atoms. The van der Waals surface area contributed by atoms with E-state index in [2.05, 4.69) is 15.4 Å². The molecule has 0 aliphatic rings. The Morgan fingerprint density at radius 3 is 2.15 bits per heavy atom. The van der Waals surface area contributed by atoms with Gasteiger partial charge in [-0.1, -0.05) is 24.3 Å². The van der Waals surface area contributed by atoms with E-state index < -0.39 is 16.1 Å². The minimum Gasteiger partial charge on any atom is -0.507 e. The first-order valence-corrected chi connectivity index (χ1v) is 9.57. The summed E-state index contributed by atoms with van der Waals surface area (Å²) in [4.78, 5) is 12.2. The maximum atomic E-state index is 12.2. The maximum absolute atomic E-state index is 12.2. The third-order valence-corrected chi connectivity index (χ3v) is 4.20. The number of nitrogens with one attached hydrogen (secondary N) is 3. The Morgan fingerprint density at radius 1 is 0.846 bits per heavy atom. The molecule has 0 fully saturated rings. The number of carbonyl (C=O) groups excluding carboxylic acids is 1. The van der Waals surface area contributed by atoms with E-state index in [1.807, 2.05) is 0 Å². The molecule has 134 valence electrons. The van der Waals surface area contributed by atoms with Gasteiger partial charge in [0.2, 0.25) is 10.0 Å². The zero-order valence-electron chi connectivity index (χ0n) is 13.9. The van der Waals surface area contributed by atoms with Crippen LogP contribution >= 0.6 is 0 Å². The molecule has 0 radical (unpaired) electrons. The van der Waals surface area contributed by atoms with Crippen LogP contribution in [-0.2, 0) is 10.0 Å². The molecular formula is C18H17N3O4S. The van der Waals surface area contributed by atoms with Crippen LogP contribution in [0.2, 0.25) is 0 Å². The molecule has 0 saturated heterocycles. The van der Waals surface area contributed by atoms with E-state index in [4.69, 9.17) is 0 Å². The maximum Gasteiger partial charge on any atom is 0.323 e. The lowest BCUT2D eigenvalue weighted by Gasteiger charge is -2.11. The second-order valence-electron chi connectivity index (χ2n) is 5.71. The highest BCUT2D eigenvalue weighted by molar-refractivity contribution is 7.92. The van der Waals surface area contributed by atoms with Crippen molar-refractivity contribution in [1.82, 2.24) is 0 Å². The van der Waals surface area contributed by atoms with Crippen LogP contribution in [-0.4, -0.2) is 25.8 Å². The van der Waals surface area contributed by atoms with E-state index >= 15 is 0 Å². The van der Waals surface area contributed by atoms with Crippen molar-refractivity contribution < 1.29 is 18.3 Å². The third-order valence-electron chi connectivity index (χ3n) is 3.59. The summed E-state index contributed by atoms with van der Waals surface area (Å²) < 4.78 is 24.7. The van der Waals surface area contributed by atoms with Gasteiger partial charge in [0.15, 0.2) is 0 Å². The van der Waals surface area contributed by atoms with Gasteiger partial charge in [-0.05, 0) is 36.4 Å². The molecule has 3 aromatic rings. The molecule has 3 aromatic carbocycles. The quantitative estimate of drug-likeness (QED) is 0.562. The fraction of sp³-hybridized carbons (Fsp3) is 0.0556. The van der Waals surface area contributed by atoms with Crippen LogP contribution in [0, 0.1) is 0 Å². The third kappa shape index (κ3) is 4.22. The number of benzene rings is 3. The zero-order chi connectivity index (χ0) is 18.7. The number of phenols is 1. The molecule has 0 atom stereocenters. The van der Waals surface area contributed by atoms with Crippen molar-refractivity contribution >= 4 is 43.9 Å². The van der Waals surface area contributed by atoms with Crippen molar-refractivity contribution in [2.45, 2.75) is 0 Å². The molecule has 0 saturated carbocycles. The lowest BCUT2D eigenvalue weighted by molar-refractivity contribution is 0.262. The van der Waals surface area contributed by atoms with E-state index in [1.54, 1.807) is 60.7 Å². The van der Waals surface area contributed by atoms with Gasteiger partial charge in [-0.3, -0.25) is 4.72 Å². The standard InChI is InChI=1S/C18H17N3O4S/c1-26(24,25)21-13-10-8-12(9-11-13)19-18(23)20-16-6-2-5-15-14(16)4-3-7-17(15)22/h2-11,21-22H,1H3,(H2,19,20,23). The van der Waals surface area contributed by atoms with E-state index in [0.29, 0.717) is 22.4 Å². The number of carbonyl (C=O) groups is 1. The average molecular weight is 371 g/mol. The number of urea groups is 1. The first-order chi connectivity index (χ1) is 12.3. The van der Waals surface area contributed by atoms with Gasteiger partial charge < -0.3 is 15.7 Å². The summed E-state index contributed by atoms with van der Waals surface area (Å²) in [6, 6.07) is 16.1. The highest BCUT2D eigenvalue weighted by atomic mass is 32.2. The second-order valence-corrected chi connectivity index (χ2v) is 7.46. The fourth-order valence-electron chi connectivity index (χ4n) is 2.52. The van der Waals surface area contributed by atoms with Crippen molar-refractivity contribution in [3.05, 3.63) is 60.7 Å². The van der Waals surface area contributed by atoms with Crippen LogP contribution in [0.3, 0.4) is 0 Å². The largest absolute Gasteiger partial charge is 0.507 e. The highest BCUT2D eigenvalue weighted by Gasteiger charge is 2.08. The van der Waals surface area contributed by atoms with Crippen LogP contribution in [0.5, 0.6) is 5.75 Å². The molecule has 0 unspecified atom stereocenters. The van der Waals surface area contributed by atoms with Gasteiger partial charge in [-0.25, -0.2) is 13.2 Å². The Kier molecular flexibility index (Phi) is 4.68. The number of hydrogen-bond acceptors (Lipinski definition) is 4. The topological polar surface area (TPSA) is 108 Å². The Labute approximate surface area is 150 Å². The molecule has 8 heteroatoms. The number of fused-ring (bicyclic) bond motifs is 1. The van der Waals surface area contributed by atoms with Crippen molar-refractivity contribution in [3.8, 4) is 5.75 Å². The summed E-state index contributed by atoms with van der Waals surface area (Å²) >= 11 is 0. The SMILES string of the molecule is CS(=O)(=O)Nc1ccc(NC(=O)Nc2cccc3c(O)cccc23)cc1. The molecule has 26 heavy (non-hydrogen) atoms. The van der Waals surface area contributed by atoms with Crippen LogP contribution in [0.4, 0.5) is 21.9 Å². The number of rotatable bonds is 4. The lowest BCUT2D eigenvalue weighted by Crippen LogP contribution is -2.19. The molecule has 2 amide bonds. The van der Waals surface area contributed by atoms with Gasteiger partial charge in [-0.15, -0.1) is 0 Å². The Hall–Kier alpha value is -3.26. The van der Waals surface area contributed by atoms with E-state index in [0.717, 1.165) is 11.6 Å². The number of sulfonamides is 1. The number of aromatic hydroxyl groups is 1. The minimum atomic E-state index is -3.35. The lowest BCUT2D eigenvalue weighted by atomic mass is 10.1.